The summed E-state index contributed by atoms with van der Waals surface area (Å²) in [6.45, 7) is 6.06. The highest BCUT2D eigenvalue weighted by atomic mass is 16.5. The second-order valence-corrected chi connectivity index (χ2v) is 8.45. The Kier molecular flexibility index (Phi) is 9.55. The molecule has 0 atom stereocenters. The van der Waals surface area contributed by atoms with Gasteiger partial charge in [0.25, 0.3) is 5.91 Å². The van der Waals surface area contributed by atoms with Crippen LogP contribution in [0.15, 0.2) is 78.9 Å². The predicted octanol–water partition coefficient (Wildman–Crippen LogP) is 5.66. The van der Waals surface area contributed by atoms with Gasteiger partial charge < -0.3 is 24.8 Å². The fraction of sp³-hybridized carbons (Fsp3) is 0.233. The van der Waals surface area contributed by atoms with Gasteiger partial charge in [0.1, 0.15) is 17.2 Å². The number of ether oxygens (including phenoxy) is 3. The Bertz CT molecular complexity index is 1380. The van der Waals surface area contributed by atoms with E-state index in [0.717, 1.165) is 28.2 Å². The van der Waals surface area contributed by atoms with Gasteiger partial charge in [-0.25, -0.2) is 0 Å². The van der Waals surface area contributed by atoms with Gasteiger partial charge in [-0.05, 0) is 61.4 Å². The van der Waals surface area contributed by atoms with Crippen LogP contribution >= 0.6 is 0 Å². The van der Waals surface area contributed by atoms with Crippen molar-refractivity contribution in [3.63, 3.8) is 0 Å². The molecule has 0 fully saturated rings. The van der Waals surface area contributed by atoms with Crippen LogP contribution < -0.4 is 24.8 Å². The molecule has 0 bridgehead atoms. The molecule has 202 valence electrons. The Morgan fingerprint density at radius 2 is 1.44 bits per heavy atom. The van der Waals surface area contributed by atoms with E-state index >= 15 is 0 Å². The van der Waals surface area contributed by atoms with Crippen molar-refractivity contribution in [2.24, 2.45) is 0 Å². The van der Waals surface area contributed by atoms with Crippen molar-refractivity contribution in [1.82, 2.24) is 14.8 Å². The summed E-state index contributed by atoms with van der Waals surface area (Å²) in [6.07, 6.45) is 3.15. The first-order valence-electron chi connectivity index (χ1n) is 12.8. The first kappa shape index (κ1) is 27.3. The van der Waals surface area contributed by atoms with E-state index < -0.39 is 0 Å². The molecule has 9 nitrogen and oxygen atoms in total. The highest BCUT2D eigenvalue weighted by molar-refractivity contribution is 5.95. The van der Waals surface area contributed by atoms with Crippen molar-refractivity contribution in [1.29, 1.82) is 0 Å². The van der Waals surface area contributed by atoms with E-state index in [9.17, 15) is 4.79 Å². The Morgan fingerprint density at radius 1 is 0.846 bits per heavy atom. The molecule has 0 saturated carbocycles. The number of rotatable bonds is 13. The summed E-state index contributed by atoms with van der Waals surface area (Å²) < 4.78 is 17.7. The number of benzene rings is 3. The van der Waals surface area contributed by atoms with Gasteiger partial charge >= 0.3 is 0 Å². The zero-order chi connectivity index (χ0) is 27.5. The van der Waals surface area contributed by atoms with Crippen molar-refractivity contribution in [2.75, 3.05) is 31.0 Å². The smallest absolute Gasteiger partial charge is 0.274 e. The van der Waals surface area contributed by atoms with Crippen LogP contribution in [0, 0.1) is 0 Å². The molecule has 0 radical (unpaired) electrons. The third-order valence-corrected chi connectivity index (χ3v) is 5.73. The monoisotopic (exact) mass is 527 g/mol. The number of methoxy groups -OCH3 is 1. The number of hydrogen-bond donors (Lipinski definition) is 2. The largest absolute Gasteiger partial charge is 0.496 e. The van der Waals surface area contributed by atoms with Crippen molar-refractivity contribution in [3.05, 3.63) is 95.6 Å². The number of allylic oxidation sites excluding steroid dienone is 1. The lowest BCUT2D eigenvalue weighted by Gasteiger charge is -2.07. The highest BCUT2D eigenvalue weighted by Crippen LogP contribution is 2.20. The molecule has 0 amide bonds. The van der Waals surface area contributed by atoms with Crippen molar-refractivity contribution < 1.29 is 19.0 Å². The average Bonchev–Trinajstić information content (AvgIpc) is 3.39. The van der Waals surface area contributed by atoms with Gasteiger partial charge in [-0.15, -0.1) is 5.10 Å². The van der Waals surface area contributed by atoms with Gasteiger partial charge in [-0.2, -0.15) is 9.67 Å². The SMILES string of the molecule is CCOc1ccc(CNc2nc(NCc3ccc(OCC)cc3)n(C(=O)/C=C/c3ccccc3OC)n2)cc1. The average molecular weight is 528 g/mol. The number of carbonyl (C=O) groups excluding carboxylic acids is 1. The maximum atomic E-state index is 13.2. The lowest BCUT2D eigenvalue weighted by Crippen LogP contribution is -2.14. The Balaban J connectivity index is 1.51. The van der Waals surface area contributed by atoms with Gasteiger partial charge in [-0.3, -0.25) is 4.79 Å². The lowest BCUT2D eigenvalue weighted by molar-refractivity contribution is 0.0957. The Labute approximate surface area is 228 Å². The summed E-state index contributed by atoms with van der Waals surface area (Å²) in [4.78, 5) is 17.7. The number of hydrogen-bond acceptors (Lipinski definition) is 8. The van der Waals surface area contributed by atoms with Crippen LogP contribution in [0.4, 0.5) is 11.9 Å². The molecular formula is C30H33N5O4. The third-order valence-electron chi connectivity index (χ3n) is 5.73. The maximum Gasteiger partial charge on any atom is 0.274 e. The highest BCUT2D eigenvalue weighted by Gasteiger charge is 2.15. The number of anilines is 2. The molecule has 0 saturated heterocycles. The number of nitrogens with zero attached hydrogens (tertiary/aromatic N) is 3. The van der Waals surface area contributed by atoms with E-state index in [-0.39, 0.29) is 5.91 Å². The summed E-state index contributed by atoms with van der Waals surface area (Å²) in [5.41, 5.74) is 2.82. The van der Waals surface area contributed by atoms with Crippen LogP contribution in [-0.2, 0) is 13.1 Å². The predicted molar refractivity (Wildman–Crippen MR) is 153 cm³/mol. The zero-order valence-corrected chi connectivity index (χ0v) is 22.4. The third kappa shape index (κ3) is 7.61. The fourth-order valence-electron chi connectivity index (χ4n) is 3.79. The molecule has 0 aliphatic rings. The van der Waals surface area contributed by atoms with E-state index in [1.54, 1.807) is 13.2 Å². The molecule has 2 N–H and O–H groups in total. The second-order valence-electron chi connectivity index (χ2n) is 8.45. The maximum absolute atomic E-state index is 13.2. The first-order valence-corrected chi connectivity index (χ1v) is 12.8. The zero-order valence-electron chi connectivity index (χ0n) is 22.4. The van der Waals surface area contributed by atoms with Crippen LogP contribution in [0.25, 0.3) is 6.08 Å². The van der Waals surface area contributed by atoms with Gasteiger partial charge in [0.05, 0.1) is 20.3 Å². The van der Waals surface area contributed by atoms with Crippen LogP contribution in [0.1, 0.15) is 35.3 Å². The molecule has 0 aliphatic heterocycles. The van der Waals surface area contributed by atoms with Gasteiger partial charge in [0, 0.05) is 24.7 Å². The molecule has 1 aromatic heterocycles. The van der Waals surface area contributed by atoms with Crippen LogP contribution in [0.3, 0.4) is 0 Å². The van der Waals surface area contributed by atoms with Crippen LogP contribution in [0.2, 0.25) is 0 Å². The molecular weight excluding hydrogens is 494 g/mol. The van der Waals surface area contributed by atoms with Gasteiger partial charge in [0.15, 0.2) is 0 Å². The van der Waals surface area contributed by atoms with Crippen molar-refractivity contribution >= 4 is 23.9 Å². The first-order chi connectivity index (χ1) is 19.1. The van der Waals surface area contributed by atoms with Crippen LogP contribution in [0.5, 0.6) is 17.2 Å². The molecule has 0 aliphatic carbocycles. The number of para-hydroxylation sites is 1. The minimum Gasteiger partial charge on any atom is -0.496 e. The summed E-state index contributed by atoms with van der Waals surface area (Å²) in [6, 6.07) is 23.0. The number of nitrogens with one attached hydrogen (secondary N) is 2. The van der Waals surface area contributed by atoms with Gasteiger partial charge in [0.2, 0.25) is 11.9 Å². The number of aromatic nitrogens is 3. The van der Waals surface area contributed by atoms with E-state index in [1.807, 2.05) is 86.6 Å². The molecule has 4 aromatic rings. The van der Waals surface area contributed by atoms with E-state index in [4.69, 9.17) is 14.2 Å². The topological polar surface area (TPSA) is 99.5 Å². The van der Waals surface area contributed by atoms with E-state index in [1.165, 1.54) is 10.8 Å². The second kappa shape index (κ2) is 13.7. The summed E-state index contributed by atoms with van der Waals surface area (Å²) in [5.74, 6) is 2.60. The van der Waals surface area contributed by atoms with Crippen LogP contribution in [-0.4, -0.2) is 41.0 Å². The fourth-order valence-corrected chi connectivity index (χ4v) is 3.79. The van der Waals surface area contributed by atoms with E-state index in [2.05, 4.69) is 20.7 Å². The lowest BCUT2D eigenvalue weighted by atomic mass is 10.2. The summed E-state index contributed by atoms with van der Waals surface area (Å²) >= 11 is 0. The quantitative estimate of drug-likeness (QED) is 0.215. The minimum atomic E-state index is -0.350. The Hall–Kier alpha value is -4.79. The molecule has 4 rings (SSSR count). The van der Waals surface area contributed by atoms with Crippen molar-refractivity contribution in [3.8, 4) is 17.2 Å². The van der Waals surface area contributed by atoms with Gasteiger partial charge in [-0.1, -0.05) is 42.5 Å². The molecule has 1 heterocycles. The number of carbonyl (C=O) groups is 1. The molecule has 3 aromatic carbocycles. The molecule has 9 heteroatoms. The summed E-state index contributed by atoms with van der Waals surface area (Å²) in [7, 11) is 1.59. The molecule has 39 heavy (non-hydrogen) atoms. The standard InChI is InChI=1S/C30H33N5O4/c1-4-38-25-15-10-22(11-16-25)20-31-29-33-30(32-21-23-12-17-26(18-13-23)39-5-2)35(34-29)28(36)19-14-24-8-6-7-9-27(24)37-3/h6-19H,4-5,20-21H2,1-3H3,(H2,31,32,33,34)/b19-14+. The van der Waals surface area contributed by atoms with Crippen molar-refractivity contribution in [2.45, 2.75) is 26.9 Å². The Morgan fingerprint density at radius 3 is 2.03 bits per heavy atom. The van der Waals surface area contributed by atoms with E-state index in [0.29, 0.717) is 43.9 Å². The molecule has 0 unspecified atom stereocenters. The minimum absolute atomic E-state index is 0.327. The normalized spacial score (nSPS) is 10.8. The summed E-state index contributed by atoms with van der Waals surface area (Å²) in [5, 5.41) is 10.9. The molecule has 0 spiro atoms.